The molecule has 2 heterocycles. The van der Waals surface area contributed by atoms with Crippen molar-refractivity contribution in [3.05, 3.63) is 59.0 Å². The molecule has 0 saturated carbocycles. The van der Waals surface area contributed by atoms with Crippen LogP contribution in [0.25, 0.3) is 10.1 Å². The largest absolute Gasteiger partial charge is 0.465 e. The fraction of sp³-hybridized carbons (Fsp3) is 0.333. The van der Waals surface area contributed by atoms with Crippen molar-refractivity contribution in [2.75, 3.05) is 25.5 Å². The van der Waals surface area contributed by atoms with Crippen LogP contribution in [-0.2, 0) is 14.8 Å². The number of anilines is 1. The monoisotopic (exact) mass is 486 g/mol. The van der Waals surface area contributed by atoms with Crippen LogP contribution in [0.5, 0.6) is 0 Å². The maximum Gasteiger partial charge on any atom is 0.350 e. The van der Waals surface area contributed by atoms with E-state index in [-0.39, 0.29) is 4.90 Å². The smallest absolute Gasteiger partial charge is 0.350 e. The number of methoxy groups -OCH3 is 1. The molecule has 4 rings (SSSR count). The molecule has 7 nitrogen and oxygen atoms in total. The van der Waals surface area contributed by atoms with Crippen molar-refractivity contribution in [3.8, 4) is 0 Å². The third kappa shape index (κ3) is 4.66. The molecule has 2 atom stereocenters. The zero-order valence-electron chi connectivity index (χ0n) is 18.7. The maximum absolute atomic E-state index is 13.1. The molecule has 1 aliphatic heterocycles. The van der Waals surface area contributed by atoms with Crippen LogP contribution in [0.15, 0.2) is 53.4 Å². The van der Waals surface area contributed by atoms with Crippen molar-refractivity contribution in [1.29, 1.82) is 0 Å². The number of rotatable bonds is 5. The van der Waals surface area contributed by atoms with Crippen LogP contribution >= 0.6 is 11.3 Å². The highest BCUT2D eigenvalue weighted by Gasteiger charge is 2.31. The van der Waals surface area contributed by atoms with Gasteiger partial charge in [-0.2, -0.15) is 4.31 Å². The number of ether oxygens (including phenoxy) is 1. The Morgan fingerprint density at radius 1 is 1.03 bits per heavy atom. The van der Waals surface area contributed by atoms with Gasteiger partial charge in [0.1, 0.15) is 4.88 Å². The summed E-state index contributed by atoms with van der Waals surface area (Å²) in [7, 11) is -2.34. The summed E-state index contributed by atoms with van der Waals surface area (Å²) in [6, 6.07) is 13.3. The van der Waals surface area contributed by atoms with Gasteiger partial charge in [-0.1, -0.05) is 32.0 Å². The number of sulfonamides is 1. The average Bonchev–Trinajstić information content (AvgIpc) is 3.16. The van der Waals surface area contributed by atoms with Gasteiger partial charge in [0.15, 0.2) is 0 Å². The minimum absolute atomic E-state index is 0.164. The Kier molecular flexibility index (Phi) is 6.56. The lowest BCUT2D eigenvalue weighted by Crippen LogP contribution is -2.42. The first-order chi connectivity index (χ1) is 15.7. The van der Waals surface area contributed by atoms with E-state index >= 15 is 0 Å². The number of benzene rings is 2. The van der Waals surface area contributed by atoms with Gasteiger partial charge in [0.2, 0.25) is 10.0 Å². The summed E-state index contributed by atoms with van der Waals surface area (Å²) in [5.74, 6) is -0.359. The third-order valence-corrected chi connectivity index (χ3v) is 8.79. The number of amides is 1. The summed E-state index contributed by atoms with van der Waals surface area (Å²) in [5.41, 5.74) is 0.681. The Hall–Kier alpha value is -2.75. The van der Waals surface area contributed by atoms with Gasteiger partial charge in [0.05, 0.1) is 17.7 Å². The molecule has 0 unspecified atom stereocenters. The molecule has 33 heavy (non-hydrogen) atoms. The predicted octanol–water partition coefficient (Wildman–Crippen LogP) is 4.61. The molecule has 3 aromatic rings. The van der Waals surface area contributed by atoms with Crippen molar-refractivity contribution >= 4 is 49.0 Å². The molecule has 1 N–H and O–H groups in total. The number of fused-ring (bicyclic) bond motifs is 1. The highest BCUT2D eigenvalue weighted by molar-refractivity contribution is 7.89. The van der Waals surface area contributed by atoms with E-state index < -0.39 is 21.9 Å². The average molecular weight is 487 g/mol. The molecule has 0 aliphatic carbocycles. The number of hydrogen-bond acceptors (Lipinski definition) is 6. The Bertz CT molecular complexity index is 1290. The quantitative estimate of drug-likeness (QED) is 0.532. The number of nitrogens with zero attached hydrogens (tertiary/aromatic N) is 1. The van der Waals surface area contributed by atoms with Crippen LogP contribution < -0.4 is 5.32 Å². The molecule has 1 fully saturated rings. The van der Waals surface area contributed by atoms with Gasteiger partial charge in [-0.05, 0) is 48.6 Å². The van der Waals surface area contributed by atoms with Gasteiger partial charge in [0, 0.05) is 28.7 Å². The van der Waals surface area contributed by atoms with E-state index in [9.17, 15) is 18.0 Å². The van der Waals surface area contributed by atoms with Crippen LogP contribution in [0.2, 0.25) is 0 Å². The van der Waals surface area contributed by atoms with Crippen LogP contribution in [0.4, 0.5) is 5.69 Å². The summed E-state index contributed by atoms with van der Waals surface area (Å²) in [6.07, 6.45) is 1.01. The van der Waals surface area contributed by atoms with Gasteiger partial charge in [-0.25, -0.2) is 13.2 Å². The molecule has 1 saturated heterocycles. The first-order valence-corrected chi connectivity index (χ1v) is 13.0. The minimum atomic E-state index is -3.63. The molecule has 0 radical (unpaired) electrons. The van der Waals surface area contributed by atoms with E-state index in [2.05, 4.69) is 19.2 Å². The second kappa shape index (κ2) is 9.24. The number of nitrogens with one attached hydrogen (secondary N) is 1. The minimum Gasteiger partial charge on any atom is -0.465 e. The van der Waals surface area contributed by atoms with E-state index in [0.717, 1.165) is 16.5 Å². The van der Waals surface area contributed by atoms with E-state index in [1.165, 1.54) is 47.0 Å². The maximum atomic E-state index is 13.1. The van der Waals surface area contributed by atoms with Crippen molar-refractivity contribution in [2.24, 2.45) is 11.8 Å². The highest BCUT2D eigenvalue weighted by Crippen LogP contribution is 2.36. The second-order valence-electron chi connectivity index (χ2n) is 8.54. The third-order valence-electron chi connectivity index (χ3n) is 5.79. The standard InChI is InChI=1S/C24H26N2O5S2/c1-15-12-16(2)14-26(13-15)33(29,30)18-10-8-17(9-11-18)23(27)25-21-19-6-4-5-7-20(19)32-22(21)24(28)31-3/h4-11,15-16H,12-14H2,1-3H3,(H,25,27)/t15-,16-/m0/s1. The second-order valence-corrected chi connectivity index (χ2v) is 11.5. The first-order valence-electron chi connectivity index (χ1n) is 10.7. The molecule has 1 aromatic heterocycles. The molecule has 0 bridgehead atoms. The highest BCUT2D eigenvalue weighted by atomic mass is 32.2. The van der Waals surface area contributed by atoms with E-state index in [1.54, 1.807) is 0 Å². The SMILES string of the molecule is COC(=O)c1sc2ccccc2c1NC(=O)c1ccc(S(=O)(=O)N2C[C@@H](C)C[C@H](C)C2)cc1. The van der Waals surface area contributed by atoms with Crippen molar-refractivity contribution in [2.45, 2.75) is 25.2 Å². The van der Waals surface area contributed by atoms with E-state index in [0.29, 0.717) is 41.1 Å². The lowest BCUT2D eigenvalue weighted by molar-refractivity contribution is 0.0607. The Balaban J connectivity index is 1.58. The number of esters is 1. The number of carbonyl (C=O) groups excluding carboxylic acids is 2. The molecule has 1 amide bonds. The summed E-state index contributed by atoms with van der Waals surface area (Å²) in [6.45, 7) is 5.11. The number of thiophene rings is 1. The van der Waals surface area contributed by atoms with E-state index in [4.69, 9.17) is 4.74 Å². The lowest BCUT2D eigenvalue weighted by Gasteiger charge is -2.34. The summed E-state index contributed by atoms with van der Waals surface area (Å²) >= 11 is 1.24. The molecule has 0 spiro atoms. The van der Waals surface area contributed by atoms with Gasteiger partial charge in [-0.15, -0.1) is 11.3 Å². The predicted molar refractivity (Wildman–Crippen MR) is 129 cm³/mol. The van der Waals surface area contributed by atoms with Crippen LogP contribution in [0.1, 0.15) is 40.3 Å². The Labute approximate surface area is 197 Å². The Morgan fingerprint density at radius 2 is 1.67 bits per heavy atom. The van der Waals surface area contributed by atoms with Crippen LogP contribution in [-0.4, -0.2) is 44.8 Å². The number of piperidine rings is 1. The fourth-order valence-electron chi connectivity index (χ4n) is 4.32. The van der Waals surface area contributed by atoms with Crippen LogP contribution in [0.3, 0.4) is 0 Å². The fourth-order valence-corrected chi connectivity index (χ4v) is 7.08. The molecule has 9 heteroatoms. The van der Waals surface area contributed by atoms with Crippen LogP contribution in [0, 0.1) is 11.8 Å². The van der Waals surface area contributed by atoms with Crippen molar-refractivity contribution in [3.63, 3.8) is 0 Å². The normalized spacial score (nSPS) is 19.4. The molecule has 2 aromatic carbocycles. The molecular weight excluding hydrogens is 460 g/mol. The summed E-state index contributed by atoms with van der Waals surface area (Å²) in [5, 5.41) is 3.55. The van der Waals surface area contributed by atoms with Crippen molar-refractivity contribution < 1.29 is 22.7 Å². The summed E-state index contributed by atoms with van der Waals surface area (Å²) in [4.78, 5) is 25.7. The van der Waals surface area contributed by atoms with Crippen molar-refractivity contribution in [1.82, 2.24) is 4.31 Å². The van der Waals surface area contributed by atoms with Gasteiger partial charge in [0.25, 0.3) is 5.91 Å². The summed E-state index contributed by atoms with van der Waals surface area (Å²) < 4.78 is 33.4. The number of hydrogen-bond donors (Lipinski definition) is 1. The first kappa shape index (κ1) is 23.4. The van der Waals surface area contributed by atoms with E-state index in [1.807, 2.05) is 24.3 Å². The molecule has 174 valence electrons. The number of carbonyl (C=O) groups is 2. The Morgan fingerprint density at radius 3 is 2.30 bits per heavy atom. The molecular formula is C24H26N2O5S2. The molecule has 1 aliphatic rings. The topological polar surface area (TPSA) is 92.8 Å². The van der Waals surface area contributed by atoms with Gasteiger partial charge >= 0.3 is 5.97 Å². The van der Waals surface area contributed by atoms with Gasteiger partial charge < -0.3 is 10.1 Å². The lowest BCUT2D eigenvalue weighted by atomic mass is 9.94. The zero-order valence-corrected chi connectivity index (χ0v) is 20.3. The van der Waals surface area contributed by atoms with Gasteiger partial charge in [-0.3, -0.25) is 4.79 Å². The zero-order chi connectivity index (χ0) is 23.8.